The minimum atomic E-state index is -0.658. The quantitative estimate of drug-likeness (QED) is 0.137. The van der Waals surface area contributed by atoms with Gasteiger partial charge in [0, 0.05) is 11.9 Å². The highest BCUT2D eigenvalue weighted by molar-refractivity contribution is 5.88. The Kier molecular flexibility index (Phi) is 13.2. The maximum Gasteiger partial charge on any atom is 0.412 e. The number of anilines is 1. The van der Waals surface area contributed by atoms with E-state index in [0.717, 1.165) is 79.7 Å². The Labute approximate surface area is 320 Å². The molecule has 1 N–H and O–H groups in total. The fraction of sp³-hybridized carbons (Fsp3) is 0.739. The van der Waals surface area contributed by atoms with E-state index in [-0.39, 0.29) is 17.2 Å². The van der Waals surface area contributed by atoms with Crippen LogP contribution in [0.25, 0.3) is 11.0 Å². The lowest BCUT2D eigenvalue weighted by atomic mass is 9.47. The monoisotopic (exact) mass is 731 g/mol. The Morgan fingerprint density at radius 1 is 1.00 bits per heavy atom. The van der Waals surface area contributed by atoms with E-state index in [1.807, 2.05) is 18.2 Å². The molecule has 3 saturated carbocycles. The number of carbonyl (C=O) groups excluding carboxylic acids is 1. The van der Waals surface area contributed by atoms with Gasteiger partial charge in [0.05, 0.1) is 12.7 Å². The van der Waals surface area contributed by atoms with Gasteiger partial charge in [-0.25, -0.2) is 9.59 Å². The SMILES string of the molecule is CCCN(CCC)CC(CO[C@H]1CC[C@@]2(C)C(=CCC3C2CC[C@@]2(C)C3CC[C@@H]2[C@H](C)CCCC(C)C)C1)OC(=O)Nc1cc2ccccc2oc1=O. The second-order valence-corrected chi connectivity index (χ2v) is 18.4. The molecule has 7 nitrogen and oxygen atoms in total. The molecule has 6 rings (SSSR count). The van der Waals surface area contributed by atoms with Crippen molar-refractivity contribution >= 4 is 22.7 Å². The van der Waals surface area contributed by atoms with Crippen LogP contribution in [0.1, 0.15) is 132 Å². The summed E-state index contributed by atoms with van der Waals surface area (Å²) in [4.78, 5) is 28.3. The molecule has 2 aromatic rings. The maximum atomic E-state index is 13.3. The zero-order chi connectivity index (χ0) is 37.8. The Morgan fingerprint density at radius 2 is 1.77 bits per heavy atom. The van der Waals surface area contributed by atoms with Gasteiger partial charge in [0.25, 0.3) is 0 Å². The summed E-state index contributed by atoms with van der Waals surface area (Å²) in [7, 11) is 0. The van der Waals surface area contributed by atoms with Crippen molar-refractivity contribution in [1.82, 2.24) is 4.90 Å². The Bertz CT molecular complexity index is 1610. The Morgan fingerprint density at radius 3 is 2.53 bits per heavy atom. The molecule has 3 fully saturated rings. The van der Waals surface area contributed by atoms with Crippen molar-refractivity contribution in [3.63, 3.8) is 0 Å². The van der Waals surface area contributed by atoms with Gasteiger partial charge in [0.15, 0.2) is 0 Å². The van der Waals surface area contributed by atoms with Gasteiger partial charge in [-0.05, 0) is 136 Å². The largest absolute Gasteiger partial charge is 0.442 e. The minimum absolute atomic E-state index is 0.0775. The van der Waals surface area contributed by atoms with E-state index < -0.39 is 17.8 Å². The molecule has 0 radical (unpaired) electrons. The minimum Gasteiger partial charge on any atom is -0.442 e. The van der Waals surface area contributed by atoms with Crippen LogP contribution >= 0.6 is 0 Å². The number of nitrogens with one attached hydrogen (secondary N) is 1. The number of hydrogen-bond donors (Lipinski definition) is 1. The number of fused-ring (bicyclic) bond motifs is 6. The van der Waals surface area contributed by atoms with Gasteiger partial charge in [-0.15, -0.1) is 0 Å². The summed E-state index contributed by atoms with van der Waals surface area (Å²) in [6, 6.07) is 8.92. The smallest absolute Gasteiger partial charge is 0.412 e. The van der Waals surface area contributed by atoms with Crippen LogP contribution in [0.2, 0.25) is 0 Å². The van der Waals surface area contributed by atoms with E-state index in [1.54, 1.807) is 17.7 Å². The van der Waals surface area contributed by atoms with E-state index in [0.29, 0.717) is 24.1 Å². The average Bonchev–Trinajstić information content (AvgIpc) is 3.48. The molecule has 294 valence electrons. The van der Waals surface area contributed by atoms with Gasteiger partial charge < -0.3 is 13.9 Å². The predicted octanol–water partition coefficient (Wildman–Crippen LogP) is 11.3. The molecule has 1 aromatic heterocycles. The average molecular weight is 731 g/mol. The number of allylic oxidation sites excluding steroid dienone is 1. The van der Waals surface area contributed by atoms with E-state index in [2.05, 4.69) is 64.8 Å². The molecule has 9 atom stereocenters. The van der Waals surface area contributed by atoms with Crippen LogP contribution in [0.3, 0.4) is 0 Å². The first-order chi connectivity index (χ1) is 25.4. The summed E-state index contributed by atoms with van der Waals surface area (Å²) in [5, 5.41) is 3.41. The summed E-state index contributed by atoms with van der Waals surface area (Å²) in [5.74, 6) is 4.99. The number of nitrogens with zero attached hydrogens (tertiary/aromatic N) is 1. The number of para-hydroxylation sites is 1. The van der Waals surface area contributed by atoms with Crippen LogP contribution in [0.4, 0.5) is 10.5 Å². The van der Waals surface area contributed by atoms with Crippen molar-refractivity contribution in [1.29, 1.82) is 0 Å². The van der Waals surface area contributed by atoms with E-state index in [9.17, 15) is 9.59 Å². The first-order valence-electron chi connectivity index (χ1n) is 21.5. The maximum absolute atomic E-state index is 13.3. The lowest BCUT2D eigenvalue weighted by molar-refractivity contribution is -0.0734. The fourth-order valence-electron chi connectivity index (χ4n) is 11.8. The molecule has 4 aliphatic carbocycles. The summed E-state index contributed by atoms with van der Waals surface area (Å²) in [6.07, 6.45) is 17.9. The van der Waals surface area contributed by atoms with E-state index in [4.69, 9.17) is 13.9 Å². The third-order valence-electron chi connectivity index (χ3n) is 14.5. The zero-order valence-electron chi connectivity index (χ0n) is 34.1. The molecule has 0 aliphatic heterocycles. The molecular weight excluding hydrogens is 661 g/mol. The summed E-state index contributed by atoms with van der Waals surface area (Å²) in [5.41, 5.74) is 2.35. The molecule has 4 unspecified atom stereocenters. The van der Waals surface area contributed by atoms with Crippen LogP contribution in [0.15, 0.2) is 51.2 Å². The topological polar surface area (TPSA) is 81.0 Å². The molecule has 0 bridgehead atoms. The van der Waals surface area contributed by atoms with E-state index >= 15 is 0 Å². The number of rotatable bonds is 16. The third kappa shape index (κ3) is 8.93. The van der Waals surface area contributed by atoms with Gasteiger partial charge in [-0.2, -0.15) is 0 Å². The van der Waals surface area contributed by atoms with Crippen molar-refractivity contribution in [3.05, 3.63) is 52.4 Å². The van der Waals surface area contributed by atoms with Gasteiger partial charge in [0.2, 0.25) is 0 Å². The summed E-state index contributed by atoms with van der Waals surface area (Å²) >= 11 is 0. The van der Waals surface area contributed by atoms with Gasteiger partial charge in [-0.3, -0.25) is 10.2 Å². The van der Waals surface area contributed by atoms with Crippen LogP contribution in [0, 0.1) is 46.3 Å². The molecule has 53 heavy (non-hydrogen) atoms. The number of carbonyl (C=O) groups is 1. The fourth-order valence-corrected chi connectivity index (χ4v) is 11.8. The standard InChI is InChI=1S/C46H70N2O5/c1-8-25-48(26-9-2)29-36(52-44(50)47-41-27-33-15-10-11-16-42(33)53-43(41)49)30-51-35-21-23-45(6)34(28-35)17-18-37-39-20-19-38(32(5)14-12-13-31(3)4)46(39,7)24-22-40(37)45/h10-11,15-17,27,31-32,35-40H,8-9,12-14,18-26,28-30H2,1-7H3,(H,47,50)/t32-,35+,36?,37?,38-,39?,40?,45+,46-/m1/s1. The molecule has 7 heteroatoms. The number of ether oxygens (including phenoxy) is 2. The molecule has 1 heterocycles. The van der Waals surface area contributed by atoms with Crippen LogP contribution in [-0.4, -0.2) is 49.4 Å². The van der Waals surface area contributed by atoms with Crippen LogP contribution < -0.4 is 10.9 Å². The zero-order valence-corrected chi connectivity index (χ0v) is 34.1. The summed E-state index contributed by atoms with van der Waals surface area (Å²) < 4.78 is 18.1. The number of benzene rings is 1. The second-order valence-electron chi connectivity index (χ2n) is 18.4. The summed E-state index contributed by atoms with van der Waals surface area (Å²) in [6.45, 7) is 19.7. The molecule has 0 spiro atoms. The highest BCUT2D eigenvalue weighted by Gasteiger charge is 2.59. The molecular formula is C46H70N2O5. The van der Waals surface area contributed by atoms with E-state index in [1.165, 1.54) is 57.8 Å². The predicted molar refractivity (Wildman–Crippen MR) is 216 cm³/mol. The van der Waals surface area contributed by atoms with Gasteiger partial charge >= 0.3 is 11.7 Å². The third-order valence-corrected chi connectivity index (χ3v) is 14.5. The highest BCUT2D eigenvalue weighted by atomic mass is 16.6. The van der Waals surface area contributed by atoms with Gasteiger partial charge in [-0.1, -0.05) is 97.6 Å². The Balaban J connectivity index is 1.09. The molecule has 4 aliphatic rings. The lowest BCUT2D eigenvalue weighted by Gasteiger charge is -2.58. The normalized spacial score (nSPS) is 30.7. The van der Waals surface area contributed by atoms with Crippen LogP contribution in [0.5, 0.6) is 0 Å². The number of amides is 1. The van der Waals surface area contributed by atoms with Crippen molar-refractivity contribution in [2.75, 3.05) is 31.6 Å². The molecule has 1 aromatic carbocycles. The van der Waals surface area contributed by atoms with Crippen molar-refractivity contribution in [3.8, 4) is 0 Å². The lowest BCUT2D eigenvalue weighted by Crippen LogP contribution is -2.51. The van der Waals surface area contributed by atoms with Crippen LogP contribution in [-0.2, 0) is 9.47 Å². The Hall–Kier alpha value is -2.64. The highest BCUT2D eigenvalue weighted by Crippen LogP contribution is 2.67. The number of hydrogen-bond acceptors (Lipinski definition) is 6. The molecule has 1 amide bonds. The first-order valence-corrected chi connectivity index (χ1v) is 21.5. The van der Waals surface area contributed by atoms with Crippen molar-refractivity contribution in [2.24, 2.45) is 46.3 Å². The first kappa shape index (κ1) is 40.0. The van der Waals surface area contributed by atoms with Crippen molar-refractivity contribution < 1.29 is 18.7 Å². The van der Waals surface area contributed by atoms with Crippen molar-refractivity contribution in [2.45, 2.75) is 144 Å². The molecule has 0 saturated heterocycles. The second kappa shape index (κ2) is 17.4. The van der Waals surface area contributed by atoms with Gasteiger partial charge in [0.1, 0.15) is 17.4 Å².